The standard InChI is InChI=1S/C27H37ClN4O4/c1-19(2)25-24(20(3)36-29-25)26(34)32-10-6-9-27(17-32,18-35-22-8-5-7-21(28)15-22)16-23(33)31-13-11-30(4)12-14-31/h5,7-8,15,19H,6,9-14,16-18H2,1-4H3. The maximum Gasteiger partial charge on any atom is 0.259 e. The van der Waals surface area contributed by atoms with Gasteiger partial charge >= 0.3 is 0 Å². The van der Waals surface area contributed by atoms with Crippen molar-refractivity contribution in [3.8, 4) is 5.75 Å². The summed E-state index contributed by atoms with van der Waals surface area (Å²) >= 11 is 6.16. The van der Waals surface area contributed by atoms with Crippen LogP contribution in [0, 0.1) is 12.3 Å². The van der Waals surface area contributed by atoms with Gasteiger partial charge in [-0.3, -0.25) is 9.59 Å². The summed E-state index contributed by atoms with van der Waals surface area (Å²) in [7, 11) is 2.07. The zero-order valence-corrected chi connectivity index (χ0v) is 22.5. The summed E-state index contributed by atoms with van der Waals surface area (Å²) < 4.78 is 11.6. The van der Waals surface area contributed by atoms with Crippen molar-refractivity contribution in [2.75, 3.05) is 52.9 Å². The first kappa shape index (κ1) is 26.5. The van der Waals surface area contributed by atoms with E-state index in [0.717, 1.165) is 39.0 Å². The maximum absolute atomic E-state index is 13.7. The quantitative estimate of drug-likeness (QED) is 0.548. The third-order valence-corrected chi connectivity index (χ3v) is 7.56. The van der Waals surface area contributed by atoms with Crippen molar-refractivity contribution in [3.05, 3.63) is 46.3 Å². The highest BCUT2D eigenvalue weighted by atomic mass is 35.5. The number of hydrogen-bond donors (Lipinski definition) is 0. The molecule has 8 nitrogen and oxygen atoms in total. The summed E-state index contributed by atoms with van der Waals surface area (Å²) in [4.78, 5) is 33.2. The highest BCUT2D eigenvalue weighted by Crippen LogP contribution is 2.37. The van der Waals surface area contributed by atoms with Gasteiger partial charge in [0, 0.05) is 56.1 Å². The lowest BCUT2D eigenvalue weighted by Crippen LogP contribution is -2.53. The van der Waals surface area contributed by atoms with Gasteiger partial charge in [0.05, 0.1) is 12.3 Å². The molecule has 1 atom stereocenters. The number of piperazine rings is 1. The number of ether oxygens (including phenoxy) is 1. The van der Waals surface area contributed by atoms with Crippen molar-refractivity contribution in [2.24, 2.45) is 5.41 Å². The van der Waals surface area contributed by atoms with E-state index in [0.29, 0.717) is 53.9 Å². The molecule has 9 heteroatoms. The Morgan fingerprint density at radius 3 is 2.61 bits per heavy atom. The van der Waals surface area contributed by atoms with E-state index in [1.165, 1.54) is 0 Å². The zero-order chi connectivity index (χ0) is 25.9. The molecular formula is C27H37ClN4O4. The molecule has 2 amide bonds. The molecule has 2 aromatic rings. The highest BCUT2D eigenvalue weighted by Gasteiger charge is 2.42. The van der Waals surface area contributed by atoms with E-state index in [1.54, 1.807) is 19.1 Å². The van der Waals surface area contributed by atoms with Crippen LogP contribution in [0.5, 0.6) is 5.75 Å². The molecule has 3 heterocycles. The first-order valence-electron chi connectivity index (χ1n) is 12.8. The third-order valence-electron chi connectivity index (χ3n) is 7.32. The number of aromatic nitrogens is 1. The van der Waals surface area contributed by atoms with Gasteiger partial charge < -0.3 is 24.0 Å². The lowest BCUT2D eigenvalue weighted by molar-refractivity contribution is -0.137. The van der Waals surface area contributed by atoms with Gasteiger partial charge in [0.1, 0.15) is 17.1 Å². The van der Waals surface area contributed by atoms with Crippen molar-refractivity contribution >= 4 is 23.4 Å². The van der Waals surface area contributed by atoms with Gasteiger partial charge in [0.15, 0.2) is 0 Å². The fourth-order valence-electron chi connectivity index (χ4n) is 5.18. The molecule has 0 radical (unpaired) electrons. The molecule has 2 aliphatic heterocycles. The highest BCUT2D eigenvalue weighted by molar-refractivity contribution is 6.30. The van der Waals surface area contributed by atoms with E-state index in [1.807, 2.05) is 35.8 Å². The Kier molecular flexibility index (Phi) is 8.25. The van der Waals surface area contributed by atoms with Crippen LogP contribution < -0.4 is 4.74 Å². The van der Waals surface area contributed by atoms with E-state index >= 15 is 0 Å². The monoisotopic (exact) mass is 516 g/mol. The van der Waals surface area contributed by atoms with Crippen molar-refractivity contribution < 1.29 is 18.8 Å². The maximum atomic E-state index is 13.7. The summed E-state index contributed by atoms with van der Waals surface area (Å²) in [5.41, 5.74) is 0.721. The van der Waals surface area contributed by atoms with Crippen molar-refractivity contribution in [2.45, 2.75) is 46.0 Å². The molecule has 2 aliphatic rings. The van der Waals surface area contributed by atoms with E-state index < -0.39 is 5.41 Å². The van der Waals surface area contributed by atoms with E-state index in [4.69, 9.17) is 20.9 Å². The van der Waals surface area contributed by atoms with Crippen molar-refractivity contribution in [1.82, 2.24) is 19.9 Å². The molecule has 1 aromatic carbocycles. The lowest BCUT2D eigenvalue weighted by atomic mass is 9.77. The SMILES string of the molecule is Cc1onc(C(C)C)c1C(=O)N1CCCC(COc2cccc(Cl)c2)(CC(=O)N2CCN(C)CC2)C1. The van der Waals surface area contributed by atoms with Gasteiger partial charge in [-0.05, 0) is 50.9 Å². The summed E-state index contributed by atoms with van der Waals surface area (Å²) in [6, 6.07) is 7.29. The first-order valence-corrected chi connectivity index (χ1v) is 13.2. The molecule has 1 aromatic heterocycles. The fourth-order valence-corrected chi connectivity index (χ4v) is 5.36. The molecule has 0 aliphatic carbocycles. The molecule has 2 fully saturated rings. The van der Waals surface area contributed by atoms with Gasteiger partial charge in [0.25, 0.3) is 5.91 Å². The summed E-state index contributed by atoms with van der Waals surface area (Å²) in [5, 5.41) is 4.74. The molecule has 36 heavy (non-hydrogen) atoms. The van der Waals surface area contributed by atoms with Gasteiger partial charge in [-0.1, -0.05) is 36.7 Å². The number of nitrogens with zero attached hydrogens (tertiary/aromatic N) is 4. The van der Waals surface area contributed by atoms with Gasteiger partial charge in [-0.15, -0.1) is 0 Å². The minimum atomic E-state index is -0.500. The van der Waals surface area contributed by atoms with Crippen LogP contribution in [0.3, 0.4) is 0 Å². The van der Waals surface area contributed by atoms with Gasteiger partial charge in [-0.2, -0.15) is 0 Å². The number of hydrogen-bond acceptors (Lipinski definition) is 6. The van der Waals surface area contributed by atoms with Gasteiger partial charge in [-0.25, -0.2) is 0 Å². The van der Waals surface area contributed by atoms with E-state index in [-0.39, 0.29) is 17.7 Å². The predicted octanol–water partition coefficient (Wildman–Crippen LogP) is 4.23. The third kappa shape index (κ3) is 6.03. The zero-order valence-electron chi connectivity index (χ0n) is 21.8. The Labute approximate surface area is 218 Å². The van der Waals surface area contributed by atoms with Crippen molar-refractivity contribution in [1.29, 1.82) is 0 Å². The molecule has 0 saturated carbocycles. The lowest BCUT2D eigenvalue weighted by Gasteiger charge is -2.43. The van der Waals surface area contributed by atoms with E-state index in [9.17, 15) is 9.59 Å². The van der Waals surface area contributed by atoms with Gasteiger partial charge in [0.2, 0.25) is 5.91 Å². The molecule has 0 bridgehead atoms. The van der Waals surface area contributed by atoms with Crippen LogP contribution in [0.2, 0.25) is 5.02 Å². The molecule has 2 saturated heterocycles. The van der Waals surface area contributed by atoms with Crippen LogP contribution in [0.25, 0.3) is 0 Å². The Morgan fingerprint density at radius 1 is 1.17 bits per heavy atom. The van der Waals surface area contributed by atoms with Crippen LogP contribution in [0.1, 0.15) is 60.8 Å². The number of carbonyl (C=O) groups excluding carboxylic acids is 2. The van der Waals surface area contributed by atoms with Crippen molar-refractivity contribution in [3.63, 3.8) is 0 Å². The predicted molar refractivity (Wildman–Crippen MR) is 139 cm³/mol. The Bertz CT molecular complexity index is 1080. The number of amides is 2. The number of piperidine rings is 1. The second kappa shape index (κ2) is 11.2. The Morgan fingerprint density at radius 2 is 1.92 bits per heavy atom. The summed E-state index contributed by atoms with van der Waals surface area (Å²) in [6.07, 6.45) is 1.93. The fraction of sp³-hybridized carbons (Fsp3) is 0.593. The molecular weight excluding hydrogens is 480 g/mol. The van der Waals surface area contributed by atoms with Crippen LogP contribution >= 0.6 is 11.6 Å². The second-order valence-corrected chi connectivity index (χ2v) is 11.0. The van der Waals surface area contributed by atoms with Crippen LogP contribution in [0.4, 0.5) is 0 Å². The number of likely N-dealkylation sites (tertiary alicyclic amines) is 1. The Balaban J connectivity index is 1.56. The average molecular weight is 517 g/mol. The normalized spacial score (nSPS) is 21.2. The minimum absolute atomic E-state index is 0.0703. The molecule has 0 N–H and O–H groups in total. The topological polar surface area (TPSA) is 79.1 Å². The summed E-state index contributed by atoms with van der Waals surface area (Å²) in [5.74, 6) is 1.30. The number of aryl methyl sites for hydroxylation is 1. The molecule has 1 unspecified atom stereocenters. The number of halogens is 1. The van der Waals surface area contributed by atoms with Crippen LogP contribution in [-0.4, -0.2) is 84.6 Å². The number of benzene rings is 1. The second-order valence-electron chi connectivity index (χ2n) is 10.6. The van der Waals surface area contributed by atoms with Crippen LogP contribution in [0.15, 0.2) is 28.8 Å². The number of rotatable bonds is 7. The number of carbonyl (C=O) groups is 2. The Hall–Kier alpha value is -2.58. The molecule has 4 rings (SSSR count). The molecule has 196 valence electrons. The minimum Gasteiger partial charge on any atom is -0.493 e. The first-order chi connectivity index (χ1) is 17.2. The van der Waals surface area contributed by atoms with E-state index in [2.05, 4.69) is 17.1 Å². The number of likely N-dealkylation sites (N-methyl/N-ethyl adjacent to an activating group) is 1. The summed E-state index contributed by atoms with van der Waals surface area (Å²) in [6.45, 7) is 10.4. The molecule has 0 spiro atoms. The average Bonchev–Trinajstić information content (AvgIpc) is 3.24. The largest absolute Gasteiger partial charge is 0.493 e. The van der Waals surface area contributed by atoms with Crippen LogP contribution in [-0.2, 0) is 4.79 Å². The smallest absolute Gasteiger partial charge is 0.259 e.